The smallest absolute Gasteiger partial charge is 0.0698 e. The third-order valence-corrected chi connectivity index (χ3v) is 1.97. The van der Waals surface area contributed by atoms with E-state index in [2.05, 4.69) is 15.9 Å². The molecule has 0 aliphatic carbocycles. The van der Waals surface area contributed by atoms with Crippen LogP contribution in [-0.4, -0.2) is 0 Å². The van der Waals surface area contributed by atoms with Gasteiger partial charge in [-0.2, -0.15) is 0 Å². The Morgan fingerprint density at radius 2 is 2.29 bits per heavy atom. The molecule has 0 radical (unpaired) electrons. The van der Waals surface area contributed by atoms with E-state index in [9.17, 15) is 0 Å². The van der Waals surface area contributed by atoms with Crippen molar-refractivity contribution in [1.82, 2.24) is 0 Å². The summed E-state index contributed by atoms with van der Waals surface area (Å²) in [6.07, 6.45) is 0. The SMILES string of the molecule is Brc1cccs1.[Pd]. The fourth-order valence-corrected chi connectivity index (χ4v) is 1.18. The number of rotatable bonds is 0. The second-order valence-electron chi connectivity index (χ2n) is 0.917. The summed E-state index contributed by atoms with van der Waals surface area (Å²) in [6, 6.07) is 4.03. The Hall–Kier alpha value is 0.842. The van der Waals surface area contributed by atoms with Crippen molar-refractivity contribution in [2.24, 2.45) is 0 Å². The molecular weight excluding hydrogens is 266 g/mol. The van der Waals surface area contributed by atoms with Gasteiger partial charge in [-0.25, -0.2) is 0 Å². The van der Waals surface area contributed by atoms with Crippen LogP contribution in [0.5, 0.6) is 0 Å². The third kappa shape index (κ3) is 2.61. The molecule has 7 heavy (non-hydrogen) atoms. The summed E-state index contributed by atoms with van der Waals surface area (Å²) in [5.41, 5.74) is 0. The van der Waals surface area contributed by atoms with E-state index in [0.29, 0.717) is 0 Å². The molecule has 42 valence electrons. The van der Waals surface area contributed by atoms with Gasteiger partial charge in [0.25, 0.3) is 0 Å². The van der Waals surface area contributed by atoms with Gasteiger partial charge < -0.3 is 0 Å². The minimum Gasteiger partial charge on any atom is -0.137 e. The first-order valence-electron chi connectivity index (χ1n) is 1.58. The summed E-state index contributed by atoms with van der Waals surface area (Å²) in [6.45, 7) is 0. The first-order chi connectivity index (χ1) is 2.89. The minimum atomic E-state index is 0. The van der Waals surface area contributed by atoms with Crippen LogP contribution in [0.4, 0.5) is 0 Å². The van der Waals surface area contributed by atoms with Crippen molar-refractivity contribution in [3.63, 3.8) is 0 Å². The molecule has 0 spiro atoms. The van der Waals surface area contributed by atoms with Crippen LogP contribution in [-0.2, 0) is 20.4 Å². The van der Waals surface area contributed by atoms with Crippen molar-refractivity contribution in [2.75, 3.05) is 0 Å². The van der Waals surface area contributed by atoms with Gasteiger partial charge in [-0.3, -0.25) is 0 Å². The molecular formula is C4H3BrPdS. The van der Waals surface area contributed by atoms with Gasteiger partial charge >= 0.3 is 0 Å². The van der Waals surface area contributed by atoms with E-state index in [1.54, 1.807) is 11.3 Å². The Bertz CT molecular complexity index is 115. The third-order valence-electron chi connectivity index (χ3n) is 0.486. The van der Waals surface area contributed by atoms with Gasteiger partial charge in [-0.1, -0.05) is 6.07 Å². The zero-order valence-electron chi connectivity index (χ0n) is 3.33. The van der Waals surface area contributed by atoms with E-state index in [4.69, 9.17) is 0 Å². The molecule has 0 saturated carbocycles. The summed E-state index contributed by atoms with van der Waals surface area (Å²) in [5, 5.41) is 2.03. The number of halogens is 1. The molecule has 0 bridgehead atoms. The van der Waals surface area contributed by atoms with Crippen LogP contribution in [0, 0.1) is 0 Å². The summed E-state index contributed by atoms with van der Waals surface area (Å²) >= 11 is 4.99. The van der Waals surface area contributed by atoms with Crippen LogP contribution in [0.1, 0.15) is 0 Å². The second-order valence-corrected chi connectivity index (χ2v) is 3.24. The Labute approximate surface area is 68.7 Å². The fraction of sp³-hybridized carbons (Fsp3) is 0. The molecule has 0 atom stereocenters. The van der Waals surface area contributed by atoms with Crippen molar-refractivity contribution in [3.8, 4) is 0 Å². The molecule has 0 saturated heterocycles. The molecule has 1 aromatic heterocycles. The molecule has 3 heteroatoms. The van der Waals surface area contributed by atoms with Crippen molar-refractivity contribution >= 4 is 27.3 Å². The molecule has 0 aliphatic rings. The van der Waals surface area contributed by atoms with Gasteiger partial charge in [-0.15, -0.1) is 11.3 Å². The van der Waals surface area contributed by atoms with E-state index in [1.807, 2.05) is 17.5 Å². The maximum Gasteiger partial charge on any atom is 0.0698 e. The van der Waals surface area contributed by atoms with Crippen LogP contribution < -0.4 is 0 Å². The van der Waals surface area contributed by atoms with Crippen LogP contribution in [0.15, 0.2) is 21.3 Å². The van der Waals surface area contributed by atoms with Gasteiger partial charge in [-0.05, 0) is 27.4 Å². The van der Waals surface area contributed by atoms with Gasteiger partial charge in [0.2, 0.25) is 0 Å². The Morgan fingerprint density at radius 3 is 2.43 bits per heavy atom. The van der Waals surface area contributed by atoms with Gasteiger partial charge in [0, 0.05) is 20.4 Å². The predicted molar refractivity (Wildman–Crippen MR) is 32.0 cm³/mol. The van der Waals surface area contributed by atoms with Crippen LogP contribution in [0.2, 0.25) is 0 Å². The summed E-state index contributed by atoms with van der Waals surface area (Å²) in [4.78, 5) is 0. The molecule has 0 aliphatic heterocycles. The van der Waals surface area contributed by atoms with E-state index in [0.717, 1.165) is 0 Å². The Balaban J connectivity index is 0.000000360. The Kier molecular flexibility index (Phi) is 4.25. The molecule has 1 rings (SSSR count). The fourth-order valence-electron chi connectivity index (χ4n) is 0.259. The predicted octanol–water partition coefficient (Wildman–Crippen LogP) is 2.51. The van der Waals surface area contributed by atoms with Gasteiger partial charge in [0.05, 0.1) is 3.79 Å². The molecule has 1 heterocycles. The number of hydrogen-bond acceptors (Lipinski definition) is 1. The average molecular weight is 269 g/mol. The molecule has 0 aromatic carbocycles. The average Bonchev–Trinajstić information content (AvgIpc) is 1.86. The molecule has 0 amide bonds. The van der Waals surface area contributed by atoms with Crippen LogP contribution in [0.25, 0.3) is 0 Å². The second kappa shape index (κ2) is 3.80. The van der Waals surface area contributed by atoms with E-state index >= 15 is 0 Å². The zero-order chi connectivity index (χ0) is 4.41. The summed E-state index contributed by atoms with van der Waals surface area (Å²) in [7, 11) is 0. The quantitative estimate of drug-likeness (QED) is 0.635. The van der Waals surface area contributed by atoms with Gasteiger partial charge in [0.15, 0.2) is 0 Å². The molecule has 1 aromatic rings. The maximum absolute atomic E-state index is 3.30. The number of hydrogen-bond donors (Lipinski definition) is 0. The number of thiophene rings is 1. The monoisotopic (exact) mass is 268 g/mol. The van der Waals surface area contributed by atoms with E-state index in [-0.39, 0.29) is 20.4 Å². The van der Waals surface area contributed by atoms with Gasteiger partial charge in [0.1, 0.15) is 0 Å². The van der Waals surface area contributed by atoms with Crippen molar-refractivity contribution in [3.05, 3.63) is 21.3 Å². The topological polar surface area (TPSA) is 0 Å². The maximum atomic E-state index is 3.30. The summed E-state index contributed by atoms with van der Waals surface area (Å²) < 4.78 is 1.20. The van der Waals surface area contributed by atoms with Crippen molar-refractivity contribution < 1.29 is 20.4 Å². The largest absolute Gasteiger partial charge is 0.137 e. The van der Waals surface area contributed by atoms with Crippen LogP contribution in [0.3, 0.4) is 0 Å². The molecule has 0 unspecified atom stereocenters. The van der Waals surface area contributed by atoms with E-state index < -0.39 is 0 Å². The minimum absolute atomic E-state index is 0. The first-order valence-corrected chi connectivity index (χ1v) is 3.26. The van der Waals surface area contributed by atoms with Crippen molar-refractivity contribution in [2.45, 2.75) is 0 Å². The first kappa shape index (κ1) is 7.84. The molecule has 0 nitrogen and oxygen atoms in total. The Morgan fingerprint density at radius 1 is 1.57 bits per heavy atom. The normalized spacial score (nSPS) is 7.57. The van der Waals surface area contributed by atoms with Crippen molar-refractivity contribution in [1.29, 1.82) is 0 Å². The molecule has 0 N–H and O–H groups in total. The van der Waals surface area contributed by atoms with Crippen LogP contribution >= 0.6 is 27.3 Å². The van der Waals surface area contributed by atoms with E-state index in [1.165, 1.54) is 3.79 Å². The molecule has 0 fully saturated rings. The summed E-state index contributed by atoms with van der Waals surface area (Å²) in [5.74, 6) is 0. The standard InChI is InChI=1S/C4H3BrS.Pd/c5-4-2-1-3-6-4;/h1-3H;. The zero-order valence-corrected chi connectivity index (χ0v) is 7.29.